The van der Waals surface area contributed by atoms with Crippen molar-refractivity contribution in [2.24, 2.45) is 5.92 Å². The minimum Gasteiger partial charge on any atom is -0.375 e. The summed E-state index contributed by atoms with van der Waals surface area (Å²) >= 11 is 0. The van der Waals surface area contributed by atoms with Crippen LogP contribution in [-0.2, 0) is 0 Å². The van der Waals surface area contributed by atoms with Crippen molar-refractivity contribution in [3.63, 3.8) is 0 Å². The molecule has 0 N–H and O–H groups in total. The summed E-state index contributed by atoms with van der Waals surface area (Å²) in [7, 11) is 0. The molecule has 0 unspecified atom stereocenters. The van der Waals surface area contributed by atoms with Gasteiger partial charge in [0.25, 0.3) is 0 Å². The maximum absolute atomic E-state index is 2.50. The Morgan fingerprint density at radius 3 is 2.25 bits per heavy atom. The van der Waals surface area contributed by atoms with Gasteiger partial charge in [0.1, 0.15) is 0 Å². The highest BCUT2D eigenvalue weighted by molar-refractivity contribution is 5.74. The first-order valence-corrected chi connectivity index (χ1v) is 6.31. The predicted molar refractivity (Wildman–Crippen MR) is 70.1 cm³/mol. The van der Waals surface area contributed by atoms with Crippen LogP contribution in [0.3, 0.4) is 0 Å². The average molecular weight is 215 g/mol. The Morgan fingerprint density at radius 1 is 1.12 bits per heavy atom. The molecule has 0 aliphatic heterocycles. The van der Waals surface area contributed by atoms with Crippen LogP contribution in [0.5, 0.6) is 0 Å². The zero-order valence-electron chi connectivity index (χ0n) is 10.5. The van der Waals surface area contributed by atoms with Crippen LogP contribution in [0, 0.1) is 5.92 Å². The van der Waals surface area contributed by atoms with Gasteiger partial charge in [0.15, 0.2) is 0 Å². The van der Waals surface area contributed by atoms with Crippen LogP contribution < -0.4 is 0 Å². The molecule has 1 atom stereocenters. The van der Waals surface area contributed by atoms with Gasteiger partial charge in [0, 0.05) is 24.7 Å². The zero-order chi connectivity index (χ0) is 11.5. The van der Waals surface area contributed by atoms with Gasteiger partial charge >= 0.3 is 0 Å². The fourth-order valence-electron chi connectivity index (χ4n) is 2.65. The number of benzene rings is 1. The zero-order valence-corrected chi connectivity index (χ0v) is 10.5. The lowest BCUT2D eigenvalue weighted by Crippen LogP contribution is -2.32. The van der Waals surface area contributed by atoms with E-state index in [-0.39, 0.29) is 0 Å². The van der Waals surface area contributed by atoms with Crippen molar-refractivity contribution in [1.82, 2.24) is 4.90 Å². The Bertz CT molecular complexity index is 374. The maximum atomic E-state index is 2.50. The number of nitrogens with zero attached hydrogens (tertiary/aromatic N) is 1. The van der Waals surface area contributed by atoms with Crippen LogP contribution in [0.15, 0.2) is 36.0 Å². The molecule has 0 amide bonds. The van der Waals surface area contributed by atoms with Gasteiger partial charge in [-0.3, -0.25) is 0 Å². The molecular weight excluding hydrogens is 194 g/mol. The second-order valence-electron chi connectivity index (χ2n) is 4.51. The molecular formula is C15H21N. The molecule has 0 fully saturated rings. The van der Waals surface area contributed by atoms with Gasteiger partial charge in [-0.15, -0.1) is 0 Å². The molecule has 0 bridgehead atoms. The van der Waals surface area contributed by atoms with E-state index >= 15 is 0 Å². The minimum absolute atomic E-state index is 0.732. The maximum Gasteiger partial charge on any atom is 0.0203 e. The van der Waals surface area contributed by atoms with Gasteiger partial charge < -0.3 is 4.90 Å². The number of hydrogen-bond acceptors (Lipinski definition) is 1. The van der Waals surface area contributed by atoms with Crippen LogP contribution in [0.4, 0.5) is 0 Å². The van der Waals surface area contributed by atoms with Crippen molar-refractivity contribution in [2.75, 3.05) is 13.1 Å². The summed E-state index contributed by atoms with van der Waals surface area (Å²) in [4.78, 5) is 2.50. The van der Waals surface area contributed by atoms with E-state index in [0.717, 1.165) is 19.0 Å². The monoisotopic (exact) mass is 215 g/mol. The Labute approximate surface area is 98.8 Å². The van der Waals surface area contributed by atoms with E-state index in [9.17, 15) is 0 Å². The van der Waals surface area contributed by atoms with Crippen LogP contribution in [0.2, 0.25) is 0 Å². The first-order chi connectivity index (χ1) is 7.77. The van der Waals surface area contributed by atoms with E-state index in [1.165, 1.54) is 12.0 Å². The van der Waals surface area contributed by atoms with Crippen LogP contribution in [0.1, 0.15) is 32.8 Å². The van der Waals surface area contributed by atoms with Gasteiger partial charge in [-0.1, -0.05) is 37.3 Å². The van der Waals surface area contributed by atoms with Crippen LogP contribution in [-0.4, -0.2) is 18.0 Å². The van der Waals surface area contributed by atoms with Gasteiger partial charge in [-0.2, -0.15) is 0 Å². The Kier molecular flexibility index (Phi) is 3.33. The summed E-state index contributed by atoms with van der Waals surface area (Å²) < 4.78 is 0. The molecule has 1 aromatic carbocycles. The molecule has 0 saturated carbocycles. The summed E-state index contributed by atoms with van der Waals surface area (Å²) in [5.41, 5.74) is 4.52. The summed E-state index contributed by atoms with van der Waals surface area (Å²) in [5.74, 6) is 0.732. The third kappa shape index (κ3) is 1.87. The quantitative estimate of drug-likeness (QED) is 0.739. The molecule has 2 rings (SSSR count). The van der Waals surface area contributed by atoms with Crippen molar-refractivity contribution in [3.8, 4) is 0 Å². The Morgan fingerprint density at radius 2 is 1.75 bits per heavy atom. The van der Waals surface area contributed by atoms with Crippen molar-refractivity contribution in [1.29, 1.82) is 0 Å². The highest BCUT2D eigenvalue weighted by Gasteiger charge is 2.29. The fourth-order valence-corrected chi connectivity index (χ4v) is 2.65. The number of allylic oxidation sites excluding steroid dienone is 2. The molecule has 1 nitrogen and oxygen atoms in total. The molecule has 16 heavy (non-hydrogen) atoms. The molecule has 1 aliphatic carbocycles. The van der Waals surface area contributed by atoms with Gasteiger partial charge in [0.2, 0.25) is 0 Å². The van der Waals surface area contributed by atoms with E-state index in [1.54, 1.807) is 11.3 Å². The molecule has 0 radical (unpaired) electrons. The smallest absolute Gasteiger partial charge is 0.0203 e. The van der Waals surface area contributed by atoms with Crippen molar-refractivity contribution < 1.29 is 0 Å². The Hall–Kier alpha value is -1.24. The van der Waals surface area contributed by atoms with E-state index in [1.807, 2.05) is 0 Å². The van der Waals surface area contributed by atoms with Crippen LogP contribution in [0.25, 0.3) is 5.57 Å². The Balaban J connectivity index is 2.33. The summed E-state index contributed by atoms with van der Waals surface area (Å²) in [6.07, 6.45) is 1.23. The van der Waals surface area contributed by atoms with Crippen LogP contribution >= 0.6 is 0 Å². The third-order valence-corrected chi connectivity index (χ3v) is 3.51. The van der Waals surface area contributed by atoms with Gasteiger partial charge in [-0.05, 0) is 31.4 Å². The first-order valence-electron chi connectivity index (χ1n) is 6.31. The highest BCUT2D eigenvalue weighted by atomic mass is 15.1. The van der Waals surface area contributed by atoms with E-state index < -0.39 is 0 Å². The van der Waals surface area contributed by atoms with Crippen molar-refractivity contribution in [2.45, 2.75) is 27.2 Å². The topological polar surface area (TPSA) is 3.24 Å². The molecule has 0 saturated heterocycles. The summed E-state index contributed by atoms with van der Waals surface area (Å²) in [6.45, 7) is 9.05. The molecule has 0 heterocycles. The van der Waals surface area contributed by atoms with E-state index in [2.05, 4.69) is 56.0 Å². The lowest BCUT2D eigenvalue weighted by Gasteiger charge is -2.39. The predicted octanol–water partition coefficient (Wildman–Crippen LogP) is 3.78. The second-order valence-corrected chi connectivity index (χ2v) is 4.51. The van der Waals surface area contributed by atoms with Crippen molar-refractivity contribution in [3.05, 3.63) is 41.6 Å². The minimum atomic E-state index is 0.732. The summed E-state index contributed by atoms with van der Waals surface area (Å²) in [5, 5.41) is 0. The van der Waals surface area contributed by atoms with Gasteiger partial charge in [-0.25, -0.2) is 0 Å². The SMILES string of the molecule is CCN(CC)C1=C(c2ccccc2)C[C@@H]1C. The second kappa shape index (κ2) is 4.73. The lowest BCUT2D eigenvalue weighted by atomic mass is 9.79. The molecule has 0 spiro atoms. The molecule has 1 heteroatoms. The van der Waals surface area contributed by atoms with Gasteiger partial charge in [0.05, 0.1) is 0 Å². The number of hydrogen-bond donors (Lipinski definition) is 0. The van der Waals surface area contributed by atoms with Crippen molar-refractivity contribution >= 4 is 5.57 Å². The fraction of sp³-hybridized carbons (Fsp3) is 0.467. The lowest BCUT2D eigenvalue weighted by molar-refractivity contribution is 0.319. The van der Waals surface area contributed by atoms with E-state index in [4.69, 9.17) is 0 Å². The average Bonchev–Trinajstić information content (AvgIpc) is 2.33. The molecule has 0 aromatic heterocycles. The number of rotatable bonds is 4. The largest absolute Gasteiger partial charge is 0.375 e. The highest BCUT2D eigenvalue weighted by Crippen LogP contribution is 2.42. The normalized spacial score (nSPS) is 19.6. The summed E-state index contributed by atoms with van der Waals surface area (Å²) in [6, 6.07) is 10.8. The van der Waals surface area contributed by atoms with E-state index in [0.29, 0.717) is 0 Å². The third-order valence-electron chi connectivity index (χ3n) is 3.51. The first kappa shape index (κ1) is 11.3. The molecule has 1 aromatic rings. The standard InChI is InChI=1S/C15H21N/c1-4-16(5-2)15-12(3)11-14(15)13-9-7-6-8-10-13/h6-10,12H,4-5,11H2,1-3H3/t12-/m0/s1. The molecule has 1 aliphatic rings. The molecule has 86 valence electrons.